The Morgan fingerprint density at radius 2 is 1.77 bits per heavy atom. The fraction of sp³-hybridized carbons (Fsp3) is 0.176. The van der Waals surface area contributed by atoms with E-state index in [9.17, 15) is 14.7 Å². The number of Topliss-reactive ketones (excluding diaryl/α,β-unsaturated/α-hetero) is 1. The Kier molecular flexibility index (Phi) is 4.78. The summed E-state index contributed by atoms with van der Waals surface area (Å²) in [5, 5.41) is 9.23. The third-order valence-corrected chi connectivity index (χ3v) is 3.17. The van der Waals surface area contributed by atoms with Crippen LogP contribution in [0, 0.1) is 0 Å². The molecule has 2 aromatic carbocycles. The minimum Gasteiger partial charge on any atom is -0.497 e. The summed E-state index contributed by atoms with van der Waals surface area (Å²) in [6.07, 6.45) is 0. The molecule has 0 saturated carbocycles. The van der Waals surface area contributed by atoms with E-state index in [2.05, 4.69) is 0 Å². The molecule has 0 amide bonds. The highest BCUT2D eigenvalue weighted by atomic mass is 16.5. The summed E-state index contributed by atoms with van der Waals surface area (Å²) in [7, 11) is 1.58. The average molecular weight is 300 g/mol. The van der Waals surface area contributed by atoms with E-state index in [-0.39, 0.29) is 23.7 Å². The first kappa shape index (κ1) is 15.6. The first-order valence-electron chi connectivity index (χ1n) is 6.65. The lowest BCUT2D eigenvalue weighted by molar-refractivity contribution is 0.0691. The number of ketones is 1. The highest BCUT2D eigenvalue weighted by Gasteiger charge is 2.14. The van der Waals surface area contributed by atoms with Gasteiger partial charge in [-0.3, -0.25) is 4.79 Å². The van der Waals surface area contributed by atoms with E-state index in [1.807, 2.05) is 12.1 Å². The third-order valence-electron chi connectivity index (χ3n) is 3.17. The van der Waals surface area contributed by atoms with Crippen molar-refractivity contribution in [1.29, 1.82) is 0 Å². The molecule has 0 radical (unpaired) electrons. The normalized spacial score (nSPS) is 10.1. The second-order valence-electron chi connectivity index (χ2n) is 4.71. The van der Waals surface area contributed by atoms with Gasteiger partial charge in [0.25, 0.3) is 0 Å². The van der Waals surface area contributed by atoms with Crippen LogP contribution in [-0.2, 0) is 6.61 Å². The SMILES string of the molecule is COc1ccc(COc2ccc(C(C)=O)cc2C(=O)O)cc1. The summed E-state index contributed by atoms with van der Waals surface area (Å²) in [5.74, 6) is -0.355. The summed E-state index contributed by atoms with van der Waals surface area (Å²) in [6, 6.07) is 11.7. The number of hydrogen-bond donors (Lipinski definition) is 1. The quantitative estimate of drug-likeness (QED) is 0.829. The third kappa shape index (κ3) is 3.63. The number of carbonyl (C=O) groups is 2. The van der Waals surface area contributed by atoms with Crippen LogP contribution in [0.3, 0.4) is 0 Å². The summed E-state index contributed by atoms with van der Waals surface area (Å²) >= 11 is 0. The molecule has 2 aromatic rings. The van der Waals surface area contributed by atoms with Crippen LogP contribution in [0.2, 0.25) is 0 Å². The number of hydrogen-bond acceptors (Lipinski definition) is 4. The van der Waals surface area contributed by atoms with E-state index in [0.717, 1.165) is 11.3 Å². The summed E-state index contributed by atoms with van der Waals surface area (Å²) in [5.41, 5.74) is 1.20. The zero-order chi connectivity index (χ0) is 16.1. The molecule has 0 unspecified atom stereocenters. The number of aromatic carboxylic acids is 1. The van der Waals surface area contributed by atoms with Crippen LogP contribution < -0.4 is 9.47 Å². The Morgan fingerprint density at radius 1 is 1.09 bits per heavy atom. The van der Waals surface area contributed by atoms with Gasteiger partial charge in [-0.15, -0.1) is 0 Å². The molecule has 5 nitrogen and oxygen atoms in total. The number of carboxylic acid groups (broad SMARTS) is 1. The van der Waals surface area contributed by atoms with Gasteiger partial charge in [-0.25, -0.2) is 4.79 Å². The number of methoxy groups -OCH3 is 1. The van der Waals surface area contributed by atoms with Gasteiger partial charge in [0.2, 0.25) is 0 Å². The molecular weight excluding hydrogens is 284 g/mol. The van der Waals surface area contributed by atoms with Gasteiger partial charge in [0.1, 0.15) is 23.7 Å². The van der Waals surface area contributed by atoms with Gasteiger partial charge < -0.3 is 14.6 Å². The molecule has 0 aliphatic carbocycles. The van der Waals surface area contributed by atoms with E-state index in [1.165, 1.54) is 19.1 Å². The van der Waals surface area contributed by atoms with E-state index in [1.54, 1.807) is 25.3 Å². The fourth-order valence-electron chi connectivity index (χ4n) is 1.92. The van der Waals surface area contributed by atoms with Crippen molar-refractivity contribution in [2.24, 2.45) is 0 Å². The standard InChI is InChI=1S/C17H16O5/c1-11(18)13-5-8-16(15(9-13)17(19)20)22-10-12-3-6-14(21-2)7-4-12/h3-9H,10H2,1-2H3,(H,19,20). The summed E-state index contributed by atoms with van der Waals surface area (Å²) in [4.78, 5) is 22.6. The number of carbonyl (C=O) groups excluding carboxylic acids is 1. The van der Waals surface area contributed by atoms with Crippen LogP contribution in [0.1, 0.15) is 33.2 Å². The Bertz CT molecular complexity index is 689. The second kappa shape index (κ2) is 6.76. The monoisotopic (exact) mass is 300 g/mol. The number of rotatable bonds is 6. The minimum atomic E-state index is -1.13. The van der Waals surface area contributed by atoms with E-state index < -0.39 is 5.97 Å². The minimum absolute atomic E-state index is 0.0267. The lowest BCUT2D eigenvalue weighted by Gasteiger charge is -2.10. The molecule has 22 heavy (non-hydrogen) atoms. The number of ether oxygens (including phenoxy) is 2. The lowest BCUT2D eigenvalue weighted by Crippen LogP contribution is -2.05. The van der Waals surface area contributed by atoms with Crippen LogP contribution in [-0.4, -0.2) is 24.0 Å². The maximum absolute atomic E-state index is 11.3. The molecule has 2 rings (SSSR count). The smallest absolute Gasteiger partial charge is 0.339 e. The van der Waals surface area contributed by atoms with Crippen molar-refractivity contribution in [3.05, 3.63) is 59.2 Å². The van der Waals surface area contributed by atoms with Gasteiger partial charge in [0.05, 0.1) is 7.11 Å². The van der Waals surface area contributed by atoms with Crippen molar-refractivity contribution in [2.45, 2.75) is 13.5 Å². The van der Waals surface area contributed by atoms with Crippen molar-refractivity contribution < 1.29 is 24.2 Å². The lowest BCUT2D eigenvalue weighted by atomic mass is 10.1. The van der Waals surface area contributed by atoms with Crippen molar-refractivity contribution in [3.8, 4) is 11.5 Å². The maximum atomic E-state index is 11.3. The molecule has 0 aliphatic heterocycles. The van der Waals surface area contributed by atoms with Crippen LogP contribution in [0.5, 0.6) is 11.5 Å². The van der Waals surface area contributed by atoms with Gasteiger partial charge >= 0.3 is 5.97 Å². The number of benzene rings is 2. The Labute approximate surface area is 128 Å². The predicted molar refractivity (Wildman–Crippen MR) is 80.7 cm³/mol. The molecule has 1 N–H and O–H groups in total. The Balaban J connectivity index is 2.17. The van der Waals surface area contributed by atoms with Crippen LogP contribution >= 0.6 is 0 Å². The van der Waals surface area contributed by atoms with Gasteiger partial charge in [-0.1, -0.05) is 12.1 Å². The first-order valence-corrected chi connectivity index (χ1v) is 6.65. The van der Waals surface area contributed by atoms with E-state index in [4.69, 9.17) is 9.47 Å². The first-order chi connectivity index (χ1) is 10.5. The Hall–Kier alpha value is -2.82. The van der Waals surface area contributed by atoms with Gasteiger partial charge in [-0.2, -0.15) is 0 Å². The maximum Gasteiger partial charge on any atom is 0.339 e. The highest BCUT2D eigenvalue weighted by Crippen LogP contribution is 2.22. The highest BCUT2D eigenvalue weighted by molar-refractivity contribution is 5.98. The van der Waals surface area contributed by atoms with Gasteiger partial charge in [-0.05, 0) is 42.8 Å². The molecule has 114 valence electrons. The number of carboxylic acids is 1. The molecule has 0 bridgehead atoms. The van der Waals surface area contributed by atoms with Crippen LogP contribution in [0.4, 0.5) is 0 Å². The molecule has 5 heteroatoms. The Morgan fingerprint density at radius 3 is 2.32 bits per heavy atom. The second-order valence-corrected chi connectivity index (χ2v) is 4.71. The molecule has 0 aliphatic rings. The average Bonchev–Trinajstić information content (AvgIpc) is 2.53. The molecule has 0 aromatic heterocycles. The molecular formula is C17H16O5. The fourth-order valence-corrected chi connectivity index (χ4v) is 1.92. The zero-order valence-corrected chi connectivity index (χ0v) is 12.3. The van der Waals surface area contributed by atoms with Crippen molar-refractivity contribution in [1.82, 2.24) is 0 Å². The van der Waals surface area contributed by atoms with Crippen LogP contribution in [0.15, 0.2) is 42.5 Å². The molecule has 0 heterocycles. The topological polar surface area (TPSA) is 72.8 Å². The van der Waals surface area contributed by atoms with E-state index in [0.29, 0.717) is 5.56 Å². The summed E-state index contributed by atoms with van der Waals surface area (Å²) in [6.45, 7) is 1.61. The van der Waals surface area contributed by atoms with Gasteiger partial charge in [0.15, 0.2) is 5.78 Å². The predicted octanol–water partition coefficient (Wildman–Crippen LogP) is 3.18. The van der Waals surface area contributed by atoms with Crippen molar-refractivity contribution in [2.75, 3.05) is 7.11 Å². The van der Waals surface area contributed by atoms with Gasteiger partial charge in [0, 0.05) is 5.56 Å². The zero-order valence-electron chi connectivity index (χ0n) is 12.3. The molecule has 0 atom stereocenters. The van der Waals surface area contributed by atoms with Crippen molar-refractivity contribution >= 4 is 11.8 Å². The van der Waals surface area contributed by atoms with E-state index >= 15 is 0 Å². The molecule has 0 spiro atoms. The molecule has 0 fully saturated rings. The largest absolute Gasteiger partial charge is 0.497 e. The molecule has 0 saturated heterocycles. The van der Waals surface area contributed by atoms with Crippen molar-refractivity contribution in [3.63, 3.8) is 0 Å². The van der Waals surface area contributed by atoms with Crippen LogP contribution in [0.25, 0.3) is 0 Å². The summed E-state index contributed by atoms with van der Waals surface area (Å²) < 4.78 is 10.6.